The minimum Gasteiger partial charge on any atom is -0.367 e. The van der Waals surface area contributed by atoms with Crippen molar-refractivity contribution in [1.82, 2.24) is 9.97 Å². The van der Waals surface area contributed by atoms with E-state index in [9.17, 15) is 0 Å². The molecule has 0 unspecified atom stereocenters. The summed E-state index contributed by atoms with van der Waals surface area (Å²) >= 11 is 12.5. The van der Waals surface area contributed by atoms with Crippen LogP contribution < -0.4 is 9.80 Å². The number of rotatable bonds is 3. The summed E-state index contributed by atoms with van der Waals surface area (Å²) in [5, 5.41) is 2.55. The molecule has 0 spiro atoms. The summed E-state index contributed by atoms with van der Waals surface area (Å²) in [4.78, 5) is 14.4. The van der Waals surface area contributed by atoms with Gasteiger partial charge < -0.3 is 9.80 Å². The first-order valence-corrected chi connectivity index (χ1v) is 10.7. The molecule has 1 saturated heterocycles. The lowest BCUT2D eigenvalue weighted by Gasteiger charge is -2.36. The van der Waals surface area contributed by atoms with Crippen molar-refractivity contribution in [3.8, 4) is 11.3 Å². The molecule has 1 aliphatic heterocycles. The van der Waals surface area contributed by atoms with Gasteiger partial charge in [-0.15, -0.1) is 0 Å². The fourth-order valence-corrected chi connectivity index (χ4v) is 4.27. The number of anilines is 2. The van der Waals surface area contributed by atoms with Crippen LogP contribution in [0.5, 0.6) is 0 Å². The number of benzene rings is 3. The molecule has 0 bridgehead atoms. The van der Waals surface area contributed by atoms with Gasteiger partial charge in [-0.05, 0) is 30.3 Å². The van der Waals surface area contributed by atoms with Crippen LogP contribution in [0, 0.1) is 0 Å². The normalized spacial score (nSPS) is 14.3. The van der Waals surface area contributed by atoms with Crippen molar-refractivity contribution in [2.24, 2.45) is 0 Å². The average molecular weight is 435 g/mol. The Morgan fingerprint density at radius 1 is 0.667 bits per heavy atom. The zero-order valence-electron chi connectivity index (χ0n) is 16.3. The lowest BCUT2D eigenvalue weighted by Crippen LogP contribution is -2.47. The molecule has 30 heavy (non-hydrogen) atoms. The fraction of sp³-hybridized carbons (Fsp3) is 0.167. The summed E-state index contributed by atoms with van der Waals surface area (Å²) < 4.78 is 0. The topological polar surface area (TPSA) is 32.3 Å². The molecular weight excluding hydrogens is 415 g/mol. The Labute approximate surface area is 185 Å². The van der Waals surface area contributed by atoms with E-state index in [2.05, 4.69) is 21.9 Å². The van der Waals surface area contributed by atoms with E-state index in [0.717, 1.165) is 65.0 Å². The fourth-order valence-electron chi connectivity index (χ4n) is 3.89. The minimum atomic E-state index is 0.716. The van der Waals surface area contributed by atoms with Gasteiger partial charge in [0.2, 0.25) is 5.95 Å². The zero-order valence-corrected chi connectivity index (χ0v) is 17.8. The van der Waals surface area contributed by atoms with E-state index in [0.29, 0.717) is 5.02 Å². The quantitative estimate of drug-likeness (QED) is 0.399. The second-order valence-electron chi connectivity index (χ2n) is 7.32. The van der Waals surface area contributed by atoms with Gasteiger partial charge in [0.1, 0.15) is 0 Å². The van der Waals surface area contributed by atoms with Crippen molar-refractivity contribution < 1.29 is 0 Å². The lowest BCUT2D eigenvalue weighted by atomic mass is 10.1. The maximum Gasteiger partial charge on any atom is 0.226 e. The number of hydrogen-bond acceptors (Lipinski definition) is 4. The van der Waals surface area contributed by atoms with E-state index in [4.69, 9.17) is 33.2 Å². The molecule has 4 aromatic rings. The van der Waals surface area contributed by atoms with Crippen molar-refractivity contribution in [1.29, 1.82) is 0 Å². The van der Waals surface area contributed by atoms with Crippen LogP contribution >= 0.6 is 23.2 Å². The molecule has 1 aromatic heterocycles. The standard InChI is InChI=1S/C24H20Cl2N4/c25-18-11-9-17(10-12-18)23-19-5-1-3-7-21(19)27-24(28-23)30-15-13-29(14-16-30)22-8-4-2-6-20(22)26/h1-12H,13-16H2. The van der Waals surface area contributed by atoms with Crippen LogP contribution in [0.1, 0.15) is 0 Å². The molecule has 1 fully saturated rings. The third-order valence-corrected chi connectivity index (χ3v) is 6.04. The number of piperazine rings is 1. The number of halogens is 2. The van der Waals surface area contributed by atoms with Gasteiger partial charge in [-0.2, -0.15) is 0 Å². The monoisotopic (exact) mass is 434 g/mol. The Balaban J connectivity index is 1.47. The molecule has 6 heteroatoms. The molecule has 0 atom stereocenters. The molecule has 0 amide bonds. The highest BCUT2D eigenvalue weighted by Gasteiger charge is 2.22. The highest BCUT2D eigenvalue weighted by Crippen LogP contribution is 2.30. The number of hydrogen-bond donors (Lipinski definition) is 0. The lowest BCUT2D eigenvalue weighted by molar-refractivity contribution is 0.641. The molecule has 0 N–H and O–H groups in total. The van der Waals surface area contributed by atoms with Crippen LogP contribution in [0.4, 0.5) is 11.6 Å². The van der Waals surface area contributed by atoms with E-state index in [1.54, 1.807) is 0 Å². The molecule has 3 aromatic carbocycles. The van der Waals surface area contributed by atoms with Crippen LogP contribution in [0.15, 0.2) is 72.8 Å². The summed E-state index contributed by atoms with van der Waals surface area (Å²) in [7, 11) is 0. The number of aromatic nitrogens is 2. The molecule has 0 radical (unpaired) electrons. The molecule has 0 saturated carbocycles. The molecule has 1 aliphatic rings. The maximum atomic E-state index is 6.39. The molecule has 5 rings (SSSR count). The van der Waals surface area contributed by atoms with Gasteiger partial charge in [-0.3, -0.25) is 0 Å². The van der Waals surface area contributed by atoms with Crippen molar-refractivity contribution in [3.05, 3.63) is 82.8 Å². The van der Waals surface area contributed by atoms with Gasteiger partial charge in [-0.25, -0.2) is 9.97 Å². The summed E-state index contributed by atoms with van der Waals surface area (Å²) in [6.07, 6.45) is 0. The first-order valence-electron chi connectivity index (χ1n) is 9.96. The molecular formula is C24H20Cl2N4. The first-order chi connectivity index (χ1) is 14.7. The van der Waals surface area contributed by atoms with Crippen molar-refractivity contribution >= 4 is 45.7 Å². The van der Waals surface area contributed by atoms with Crippen LogP contribution in [0.2, 0.25) is 10.0 Å². The van der Waals surface area contributed by atoms with Gasteiger partial charge >= 0.3 is 0 Å². The highest BCUT2D eigenvalue weighted by atomic mass is 35.5. The smallest absolute Gasteiger partial charge is 0.226 e. The Morgan fingerprint density at radius 2 is 1.33 bits per heavy atom. The van der Waals surface area contributed by atoms with E-state index in [1.807, 2.05) is 60.7 Å². The van der Waals surface area contributed by atoms with Crippen LogP contribution in [0.25, 0.3) is 22.2 Å². The predicted octanol–water partition coefficient (Wildman–Crippen LogP) is 5.93. The SMILES string of the molecule is Clc1ccc(-c2nc(N3CCN(c4ccccc4Cl)CC3)nc3ccccc23)cc1. The Kier molecular flexibility index (Phi) is 5.19. The zero-order chi connectivity index (χ0) is 20.5. The molecule has 150 valence electrons. The third-order valence-electron chi connectivity index (χ3n) is 5.46. The van der Waals surface area contributed by atoms with Gasteiger partial charge in [0.05, 0.1) is 21.9 Å². The maximum absolute atomic E-state index is 6.39. The second kappa shape index (κ2) is 8.13. The predicted molar refractivity (Wildman–Crippen MR) is 126 cm³/mol. The van der Waals surface area contributed by atoms with E-state index in [1.165, 1.54) is 0 Å². The average Bonchev–Trinajstić information content (AvgIpc) is 2.79. The molecule has 0 aliphatic carbocycles. The number of para-hydroxylation sites is 2. The Bertz CT molecular complexity index is 1190. The van der Waals surface area contributed by atoms with Crippen LogP contribution in [0.3, 0.4) is 0 Å². The first kappa shape index (κ1) is 19.2. The minimum absolute atomic E-state index is 0.716. The summed E-state index contributed by atoms with van der Waals surface area (Å²) in [6, 6.07) is 24.0. The third kappa shape index (κ3) is 3.69. The highest BCUT2D eigenvalue weighted by molar-refractivity contribution is 6.33. The molecule has 4 nitrogen and oxygen atoms in total. The summed E-state index contributed by atoms with van der Waals surface area (Å²) in [5.41, 5.74) is 4.00. The number of nitrogens with zero attached hydrogens (tertiary/aromatic N) is 4. The Hall–Kier alpha value is -2.82. The molecule has 2 heterocycles. The van der Waals surface area contributed by atoms with Crippen LogP contribution in [-0.4, -0.2) is 36.1 Å². The van der Waals surface area contributed by atoms with Crippen molar-refractivity contribution in [2.45, 2.75) is 0 Å². The van der Waals surface area contributed by atoms with Crippen LogP contribution in [-0.2, 0) is 0 Å². The van der Waals surface area contributed by atoms with E-state index in [-0.39, 0.29) is 0 Å². The van der Waals surface area contributed by atoms with E-state index >= 15 is 0 Å². The van der Waals surface area contributed by atoms with Gasteiger partial charge in [0.15, 0.2) is 0 Å². The van der Waals surface area contributed by atoms with Gasteiger partial charge in [0, 0.05) is 42.2 Å². The largest absolute Gasteiger partial charge is 0.367 e. The second-order valence-corrected chi connectivity index (χ2v) is 8.17. The van der Waals surface area contributed by atoms with Gasteiger partial charge in [0.25, 0.3) is 0 Å². The van der Waals surface area contributed by atoms with E-state index < -0.39 is 0 Å². The van der Waals surface area contributed by atoms with Crippen molar-refractivity contribution in [3.63, 3.8) is 0 Å². The van der Waals surface area contributed by atoms with Gasteiger partial charge in [-0.1, -0.05) is 65.7 Å². The van der Waals surface area contributed by atoms with Crippen molar-refractivity contribution in [2.75, 3.05) is 36.0 Å². The number of fused-ring (bicyclic) bond motifs is 1. The summed E-state index contributed by atoms with van der Waals surface area (Å²) in [6.45, 7) is 3.42. The summed E-state index contributed by atoms with van der Waals surface area (Å²) in [5.74, 6) is 0.762. The Morgan fingerprint density at radius 3 is 2.10 bits per heavy atom.